The van der Waals surface area contributed by atoms with Crippen LogP contribution in [0.4, 0.5) is 0 Å². The van der Waals surface area contributed by atoms with Crippen LogP contribution < -0.4 is 0 Å². The number of hydrogen-bond donors (Lipinski definition) is 2. The molecule has 0 aromatic heterocycles. The van der Waals surface area contributed by atoms with Gasteiger partial charge in [0.1, 0.15) is 11.3 Å². The molecular formula is C14H17IO3. The third-order valence-electron chi connectivity index (χ3n) is 4.11. The number of rotatable bonds is 3. The number of hydrogen-bond acceptors (Lipinski definition) is 2. The number of aromatic hydroxyl groups is 1. The molecule has 2 rings (SSSR count). The third kappa shape index (κ3) is 2.22. The smallest absolute Gasteiger partial charge is 0.339 e. The minimum Gasteiger partial charge on any atom is -0.507 e. The number of benzene rings is 1. The van der Waals surface area contributed by atoms with Gasteiger partial charge in [-0.1, -0.05) is 19.8 Å². The zero-order valence-corrected chi connectivity index (χ0v) is 12.5. The van der Waals surface area contributed by atoms with E-state index in [4.69, 9.17) is 5.11 Å². The molecule has 0 unspecified atom stereocenters. The Morgan fingerprint density at radius 1 is 1.39 bits per heavy atom. The first-order valence-corrected chi connectivity index (χ1v) is 7.34. The van der Waals surface area contributed by atoms with Gasteiger partial charge in [-0.25, -0.2) is 4.79 Å². The maximum atomic E-state index is 11.2. The molecule has 0 spiro atoms. The molecule has 0 bridgehead atoms. The number of carbonyl (C=O) groups is 1. The van der Waals surface area contributed by atoms with Gasteiger partial charge in [0.2, 0.25) is 0 Å². The Bertz CT molecular complexity index is 476. The van der Waals surface area contributed by atoms with E-state index in [1.54, 1.807) is 0 Å². The zero-order valence-electron chi connectivity index (χ0n) is 10.4. The molecule has 3 nitrogen and oxygen atoms in total. The Balaban J connectivity index is 2.59. The SMILES string of the molecule is CCC1(c2cc(I)cc(C(=O)O)c2O)CCCC1. The molecule has 18 heavy (non-hydrogen) atoms. The van der Waals surface area contributed by atoms with Crippen molar-refractivity contribution >= 4 is 28.6 Å². The maximum absolute atomic E-state index is 11.2. The fraction of sp³-hybridized carbons (Fsp3) is 0.500. The van der Waals surface area contributed by atoms with E-state index in [1.807, 2.05) is 6.07 Å². The molecule has 0 aliphatic heterocycles. The lowest BCUT2D eigenvalue weighted by Gasteiger charge is -2.29. The number of halogens is 1. The summed E-state index contributed by atoms with van der Waals surface area (Å²) in [6.45, 7) is 2.12. The molecule has 0 radical (unpaired) electrons. The summed E-state index contributed by atoms with van der Waals surface area (Å²) in [5.74, 6) is -1.09. The van der Waals surface area contributed by atoms with E-state index in [2.05, 4.69) is 29.5 Å². The number of phenols is 1. The molecule has 1 aliphatic carbocycles. The molecule has 2 N–H and O–H groups in total. The molecular weight excluding hydrogens is 343 g/mol. The maximum Gasteiger partial charge on any atom is 0.339 e. The second kappa shape index (κ2) is 5.07. The topological polar surface area (TPSA) is 57.5 Å². The summed E-state index contributed by atoms with van der Waals surface area (Å²) in [5, 5.41) is 19.4. The van der Waals surface area contributed by atoms with E-state index in [9.17, 15) is 9.90 Å². The van der Waals surface area contributed by atoms with Gasteiger partial charge >= 0.3 is 5.97 Å². The highest BCUT2D eigenvalue weighted by Gasteiger charge is 2.37. The van der Waals surface area contributed by atoms with Gasteiger partial charge in [0.25, 0.3) is 0 Å². The first kappa shape index (κ1) is 13.6. The molecule has 1 aromatic carbocycles. The predicted molar refractivity (Wildman–Crippen MR) is 78.2 cm³/mol. The lowest BCUT2D eigenvalue weighted by Crippen LogP contribution is -2.22. The number of carboxylic acids is 1. The lowest BCUT2D eigenvalue weighted by atomic mass is 9.75. The Labute approximate surface area is 120 Å². The van der Waals surface area contributed by atoms with Crippen LogP contribution in [0.15, 0.2) is 12.1 Å². The van der Waals surface area contributed by atoms with Gasteiger partial charge in [0.15, 0.2) is 0 Å². The van der Waals surface area contributed by atoms with Gasteiger partial charge in [0.05, 0.1) is 0 Å². The molecule has 0 heterocycles. The predicted octanol–water partition coefficient (Wildman–Crippen LogP) is 3.92. The summed E-state index contributed by atoms with van der Waals surface area (Å²) in [5.41, 5.74) is 0.818. The van der Waals surface area contributed by atoms with Gasteiger partial charge in [-0.2, -0.15) is 0 Å². The van der Waals surface area contributed by atoms with E-state index in [0.29, 0.717) is 0 Å². The van der Waals surface area contributed by atoms with Crippen molar-refractivity contribution in [3.63, 3.8) is 0 Å². The zero-order chi connectivity index (χ0) is 13.3. The van der Waals surface area contributed by atoms with Crippen molar-refractivity contribution in [3.8, 4) is 5.75 Å². The highest BCUT2D eigenvalue weighted by atomic mass is 127. The molecule has 1 aliphatic rings. The minimum absolute atomic E-state index is 0.0247. The molecule has 98 valence electrons. The van der Waals surface area contributed by atoms with Crippen LogP contribution >= 0.6 is 22.6 Å². The Kier molecular flexibility index (Phi) is 3.84. The van der Waals surface area contributed by atoms with Crippen molar-refractivity contribution in [2.24, 2.45) is 0 Å². The quantitative estimate of drug-likeness (QED) is 0.804. The molecule has 1 saturated carbocycles. The van der Waals surface area contributed by atoms with E-state index < -0.39 is 5.97 Å². The van der Waals surface area contributed by atoms with E-state index in [0.717, 1.165) is 41.2 Å². The highest BCUT2D eigenvalue weighted by molar-refractivity contribution is 14.1. The summed E-state index contributed by atoms with van der Waals surface area (Å²) in [4.78, 5) is 11.2. The second-order valence-corrected chi connectivity index (χ2v) is 6.24. The van der Waals surface area contributed by atoms with Gasteiger partial charge in [0, 0.05) is 9.13 Å². The summed E-state index contributed by atoms with van der Waals surface area (Å²) in [6.07, 6.45) is 5.33. The molecule has 4 heteroatoms. The standard InChI is InChI=1S/C14H17IO3/c1-2-14(5-3-4-6-14)11-8-9(15)7-10(12(11)16)13(17)18/h7-8,16H,2-6H2,1H3,(H,17,18). The van der Waals surface area contributed by atoms with Crippen molar-refractivity contribution in [2.45, 2.75) is 44.4 Å². The van der Waals surface area contributed by atoms with Crippen LogP contribution in [0.1, 0.15) is 54.9 Å². The number of carboxylic acid groups (broad SMARTS) is 1. The van der Waals surface area contributed by atoms with Crippen LogP contribution in [0.25, 0.3) is 0 Å². The lowest BCUT2D eigenvalue weighted by molar-refractivity contribution is 0.0693. The third-order valence-corrected chi connectivity index (χ3v) is 4.74. The van der Waals surface area contributed by atoms with E-state index in [1.165, 1.54) is 6.07 Å². The largest absolute Gasteiger partial charge is 0.507 e. The Hall–Kier alpha value is -0.780. The van der Waals surface area contributed by atoms with Gasteiger partial charge in [-0.05, 0) is 59.4 Å². The average molecular weight is 360 g/mol. The molecule has 1 fully saturated rings. The molecule has 0 saturated heterocycles. The summed E-state index contributed by atoms with van der Waals surface area (Å²) in [6, 6.07) is 3.47. The van der Waals surface area contributed by atoms with Crippen molar-refractivity contribution in [1.82, 2.24) is 0 Å². The Morgan fingerprint density at radius 3 is 2.50 bits per heavy atom. The monoisotopic (exact) mass is 360 g/mol. The van der Waals surface area contributed by atoms with Gasteiger partial charge in [-0.3, -0.25) is 0 Å². The summed E-state index contributed by atoms with van der Waals surface area (Å²) < 4.78 is 0.873. The van der Waals surface area contributed by atoms with Crippen LogP contribution in [0, 0.1) is 3.57 Å². The molecule has 0 amide bonds. The molecule has 0 atom stereocenters. The van der Waals surface area contributed by atoms with Crippen LogP contribution in [0.3, 0.4) is 0 Å². The first-order valence-electron chi connectivity index (χ1n) is 6.26. The van der Waals surface area contributed by atoms with Crippen LogP contribution in [0.5, 0.6) is 5.75 Å². The average Bonchev–Trinajstić information content (AvgIpc) is 2.81. The van der Waals surface area contributed by atoms with Gasteiger partial charge in [-0.15, -0.1) is 0 Å². The van der Waals surface area contributed by atoms with E-state index in [-0.39, 0.29) is 16.7 Å². The normalized spacial score (nSPS) is 17.9. The highest BCUT2D eigenvalue weighted by Crippen LogP contribution is 2.48. The van der Waals surface area contributed by atoms with Crippen molar-refractivity contribution in [3.05, 3.63) is 26.8 Å². The summed E-state index contributed by atoms with van der Waals surface area (Å²) >= 11 is 2.12. The van der Waals surface area contributed by atoms with Crippen molar-refractivity contribution in [2.75, 3.05) is 0 Å². The van der Waals surface area contributed by atoms with Crippen molar-refractivity contribution < 1.29 is 15.0 Å². The first-order chi connectivity index (χ1) is 8.50. The van der Waals surface area contributed by atoms with Crippen LogP contribution in [0.2, 0.25) is 0 Å². The minimum atomic E-state index is -1.06. The second-order valence-electron chi connectivity index (χ2n) is 5.00. The Morgan fingerprint density at radius 2 is 2.00 bits per heavy atom. The fourth-order valence-corrected chi connectivity index (χ4v) is 3.65. The molecule has 1 aromatic rings. The van der Waals surface area contributed by atoms with Crippen LogP contribution in [-0.4, -0.2) is 16.2 Å². The van der Waals surface area contributed by atoms with Crippen LogP contribution in [-0.2, 0) is 5.41 Å². The fourth-order valence-electron chi connectivity index (χ4n) is 3.03. The van der Waals surface area contributed by atoms with Gasteiger partial charge < -0.3 is 10.2 Å². The van der Waals surface area contributed by atoms with E-state index >= 15 is 0 Å². The summed E-state index contributed by atoms with van der Waals surface area (Å²) in [7, 11) is 0. The number of aromatic carboxylic acids is 1. The van der Waals surface area contributed by atoms with Crippen molar-refractivity contribution in [1.29, 1.82) is 0 Å².